The summed E-state index contributed by atoms with van der Waals surface area (Å²) in [6.07, 6.45) is 1.98. The molecule has 2 heterocycles. The van der Waals surface area contributed by atoms with E-state index in [-0.39, 0.29) is 47.8 Å². The van der Waals surface area contributed by atoms with Crippen LogP contribution in [0.3, 0.4) is 0 Å². The number of nitrogens with zero attached hydrogens (tertiary/aromatic N) is 4. The summed E-state index contributed by atoms with van der Waals surface area (Å²) < 4.78 is 29.3. The number of piperidine rings is 1. The zero-order valence-corrected chi connectivity index (χ0v) is 15.6. The van der Waals surface area contributed by atoms with Crippen LogP contribution in [0.5, 0.6) is 0 Å². The van der Waals surface area contributed by atoms with Crippen molar-refractivity contribution in [2.75, 3.05) is 25.0 Å². The smallest absolute Gasteiger partial charge is 0.303 e. The van der Waals surface area contributed by atoms with Gasteiger partial charge in [-0.2, -0.15) is 8.78 Å². The third-order valence-electron chi connectivity index (χ3n) is 6.10. The number of hydrogen-bond acceptors (Lipinski definition) is 7. The second kappa shape index (κ2) is 6.54. The Bertz CT molecular complexity index is 832. The summed E-state index contributed by atoms with van der Waals surface area (Å²) in [4.78, 5) is 21.7. The van der Waals surface area contributed by atoms with Crippen molar-refractivity contribution in [3.63, 3.8) is 0 Å². The maximum absolute atomic E-state index is 14.6. The van der Waals surface area contributed by atoms with Gasteiger partial charge in [-0.15, -0.1) is 0 Å². The van der Waals surface area contributed by atoms with Crippen LogP contribution in [0.4, 0.5) is 14.6 Å². The Kier molecular flexibility index (Phi) is 4.40. The molecule has 0 aromatic carbocycles. The molecule has 3 aliphatic rings. The Morgan fingerprint density at radius 2 is 2.07 bits per heavy atom. The van der Waals surface area contributed by atoms with Crippen LogP contribution < -0.4 is 16.5 Å². The highest BCUT2D eigenvalue weighted by Gasteiger charge is 2.57. The Morgan fingerprint density at radius 1 is 1.39 bits per heavy atom. The lowest BCUT2D eigenvalue weighted by Gasteiger charge is -2.31. The van der Waals surface area contributed by atoms with E-state index in [0.717, 1.165) is 0 Å². The van der Waals surface area contributed by atoms with Gasteiger partial charge in [0.2, 0.25) is 0 Å². The molecule has 1 aromatic heterocycles. The van der Waals surface area contributed by atoms with Gasteiger partial charge in [0, 0.05) is 44.7 Å². The molecule has 0 unspecified atom stereocenters. The van der Waals surface area contributed by atoms with E-state index >= 15 is 0 Å². The first kappa shape index (κ1) is 18.9. The number of alkyl halides is 2. The van der Waals surface area contributed by atoms with Gasteiger partial charge in [0.25, 0.3) is 5.92 Å². The highest BCUT2D eigenvalue weighted by Crippen LogP contribution is 2.55. The van der Waals surface area contributed by atoms with Crippen LogP contribution in [0.25, 0.3) is 5.70 Å². The predicted octanol–water partition coefficient (Wildman–Crippen LogP) is 1.12. The van der Waals surface area contributed by atoms with Gasteiger partial charge in [-0.25, -0.2) is 15.8 Å². The Morgan fingerprint density at radius 3 is 2.64 bits per heavy atom. The van der Waals surface area contributed by atoms with Crippen molar-refractivity contribution in [3.8, 4) is 0 Å². The molecule has 4 rings (SSSR count). The number of carboxylic acids is 1. The number of hydrogen-bond donors (Lipinski definition) is 3. The first-order chi connectivity index (χ1) is 13.2. The molecule has 0 bridgehead atoms. The first-order valence-corrected chi connectivity index (χ1v) is 9.39. The third-order valence-corrected chi connectivity index (χ3v) is 6.10. The van der Waals surface area contributed by atoms with Crippen LogP contribution in [0.15, 0.2) is 6.20 Å². The molecule has 0 amide bonds. The highest BCUT2D eigenvalue weighted by atomic mass is 19.3. The fraction of sp³-hybridized carbons (Fsp3) is 0.611. The molecule has 3 atom stereocenters. The number of nitrogens with two attached hydrogens (primary N) is 2. The summed E-state index contributed by atoms with van der Waals surface area (Å²) in [5.74, 6) is 3.24. The summed E-state index contributed by atoms with van der Waals surface area (Å²) in [5.41, 5.74) is 6.12. The molecular weight excluding hydrogens is 370 g/mol. The van der Waals surface area contributed by atoms with Crippen LogP contribution in [-0.2, 0) is 17.1 Å². The van der Waals surface area contributed by atoms with E-state index in [4.69, 9.17) is 16.7 Å². The average Bonchev–Trinajstić information content (AvgIpc) is 3.04. The van der Waals surface area contributed by atoms with Crippen molar-refractivity contribution in [2.24, 2.45) is 29.3 Å². The van der Waals surface area contributed by atoms with Crippen LogP contribution in [-0.4, -0.2) is 46.2 Å². The molecule has 1 aliphatic heterocycles. The van der Waals surface area contributed by atoms with Crippen molar-refractivity contribution < 1.29 is 18.7 Å². The van der Waals surface area contributed by atoms with Crippen molar-refractivity contribution in [1.82, 2.24) is 15.0 Å². The van der Waals surface area contributed by atoms with Crippen molar-refractivity contribution in [3.05, 3.63) is 23.3 Å². The fourth-order valence-electron chi connectivity index (χ4n) is 4.66. The molecule has 1 saturated carbocycles. The number of carboxylic acid groups (broad SMARTS) is 1. The molecule has 0 spiro atoms. The lowest BCUT2D eigenvalue weighted by molar-refractivity contribution is -0.137. The third kappa shape index (κ3) is 3.05. The van der Waals surface area contributed by atoms with Gasteiger partial charge in [-0.1, -0.05) is 0 Å². The number of rotatable bonds is 5. The summed E-state index contributed by atoms with van der Waals surface area (Å²) in [6.45, 7) is 1.24. The molecule has 0 radical (unpaired) electrons. The van der Waals surface area contributed by atoms with Gasteiger partial charge >= 0.3 is 5.97 Å². The van der Waals surface area contributed by atoms with Crippen LogP contribution >= 0.6 is 0 Å². The van der Waals surface area contributed by atoms with Gasteiger partial charge in [0.05, 0.1) is 0 Å². The van der Waals surface area contributed by atoms with Crippen molar-refractivity contribution in [2.45, 2.75) is 31.6 Å². The Labute approximate surface area is 161 Å². The molecular formula is C18H24F2N6O2. The zero-order chi connectivity index (χ0) is 20.2. The van der Waals surface area contributed by atoms with Crippen LogP contribution in [0, 0.1) is 17.8 Å². The highest BCUT2D eigenvalue weighted by molar-refractivity contribution is 5.68. The molecule has 1 saturated heterocycles. The number of aromatic nitrogens is 2. The van der Waals surface area contributed by atoms with E-state index in [1.165, 1.54) is 11.2 Å². The van der Waals surface area contributed by atoms with Crippen LogP contribution in [0.2, 0.25) is 0 Å². The molecule has 5 N–H and O–H groups in total. The van der Waals surface area contributed by atoms with E-state index in [0.29, 0.717) is 37.3 Å². The van der Waals surface area contributed by atoms with Gasteiger partial charge in [0.15, 0.2) is 5.82 Å². The molecule has 1 aromatic rings. The summed E-state index contributed by atoms with van der Waals surface area (Å²) in [6, 6.07) is 0. The van der Waals surface area contributed by atoms with E-state index in [9.17, 15) is 13.6 Å². The van der Waals surface area contributed by atoms with Crippen molar-refractivity contribution >= 4 is 17.5 Å². The second-order valence-corrected chi connectivity index (χ2v) is 7.91. The summed E-state index contributed by atoms with van der Waals surface area (Å²) >= 11 is 0. The normalized spacial score (nSPS) is 27.9. The first-order valence-electron chi connectivity index (χ1n) is 9.39. The second-order valence-electron chi connectivity index (χ2n) is 7.91. The molecule has 8 nitrogen and oxygen atoms in total. The number of anilines is 1. The molecule has 152 valence electrons. The minimum absolute atomic E-state index is 0.0745. The average molecular weight is 394 g/mol. The number of fused-ring (bicyclic) bond motifs is 2. The van der Waals surface area contributed by atoms with Gasteiger partial charge in [-0.05, 0) is 30.6 Å². The molecule has 28 heavy (non-hydrogen) atoms. The van der Waals surface area contributed by atoms with Crippen molar-refractivity contribution in [1.29, 1.82) is 0 Å². The standard InChI is InChI=1S/C18H24F2N6O2/c1-25(22)13(6-21)16-23-15-9(3-2-4-18(15,19)20)17(24-16)26-7-11-10(5-14(27)28)12(11)8-26/h6,10-12H,2-5,7-8,21-22H2,1H3,(H,27,28)/b13-6-/t10-,11-,12+. The number of carbonyl (C=O) groups is 1. The monoisotopic (exact) mass is 394 g/mol. The van der Waals surface area contributed by atoms with Crippen LogP contribution in [0.1, 0.15) is 36.3 Å². The Balaban J connectivity index is 1.70. The number of halogens is 2. The SMILES string of the molecule is CN(N)/C(=C\N)c1nc(N2C[C@@H]3[C@@H](CC(=O)O)[C@@H]3C2)c2c(n1)C(F)(F)CCC2. The lowest BCUT2D eigenvalue weighted by Crippen LogP contribution is -2.33. The zero-order valence-electron chi connectivity index (χ0n) is 15.6. The quantitative estimate of drug-likeness (QED) is 0.502. The van der Waals surface area contributed by atoms with E-state index in [2.05, 4.69) is 9.97 Å². The largest absolute Gasteiger partial charge is 0.481 e. The van der Waals surface area contributed by atoms with Gasteiger partial charge in [0.1, 0.15) is 17.2 Å². The van der Waals surface area contributed by atoms with E-state index in [1.54, 1.807) is 7.05 Å². The van der Waals surface area contributed by atoms with E-state index in [1.807, 2.05) is 4.90 Å². The predicted molar refractivity (Wildman–Crippen MR) is 97.9 cm³/mol. The van der Waals surface area contributed by atoms with Gasteiger partial charge < -0.3 is 20.7 Å². The minimum atomic E-state index is -3.03. The maximum Gasteiger partial charge on any atom is 0.303 e. The fourth-order valence-corrected chi connectivity index (χ4v) is 4.66. The topological polar surface area (TPSA) is 122 Å². The lowest BCUT2D eigenvalue weighted by atomic mass is 9.92. The number of aliphatic carboxylic acids is 1. The summed E-state index contributed by atoms with van der Waals surface area (Å²) in [5, 5.41) is 10.2. The summed E-state index contributed by atoms with van der Waals surface area (Å²) in [7, 11) is 1.54. The maximum atomic E-state index is 14.6. The molecule has 10 heteroatoms. The molecule has 2 fully saturated rings. The minimum Gasteiger partial charge on any atom is -0.481 e. The Hall–Kier alpha value is -2.49. The molecule has 2 aliphatic carbocycles. The van der Waals surface area contributed by atoms with Gasteiger partial charge in [-0.3, -0.25) is 4.79 Å². The number of hydrazine groups is 1. The van der Waals surface area contributed by atoms with E-state index < -0.39 is 11.9 Å².